The zero-order valence-electron chi connectivity index (χ0n) is 13.4. The SMILES string of the molecule is C[C@H](NC(C)(C)C(=O)O)C(=O)N1CC(C(S)CS)C[C@H]1C(=O)O. The molecule has 1 rings (SSSR count). The first kappa shape index (κ1) is 20.1. The number of thiol groups is 2. The van der Waals surface area contributed by atoms with Crippen molar-refractivity contribution >= 4 is 43.1 Å². The number of hydrogen-bond acceptors (Lipinski definition) is 6. The van der Waals surface area contributed by atoms with Crippen LogP contribution in [0.2, 0.25) is 0 Å². The average molecular weight is 364 g/mol. The highest BCUT2D eigenvalue weighted by Gasteiger charge is 2.43. The van der Waals surface area contributed by atoms with Crippen molar-refractivity contribution in [3.05, 3.63) is 0 Å². The molecule has 0 spiro atoms. The molecule has 2 unspecified atom stereocenters. The van der Waals surface area contributed by atoms with Crippen molar-refractivity contribution in [1.82, 2.24) is 10.2 Å². The molecule has 1 saturated heterocycles. The average Bonchev–Trinajstić information content (AvgIpc) is 2.90. The minimum absolute atomic E-state index is 0.0550. The summed E-state index contributed by atoms with van der Waals surface area (Å²) in [6, 6.07) is -1.73. The van der Waals surface area contributed by atoms with Crippen LogP contribution in [0, 0.1) is 5.92 Å². The van der Waals surface area contributed by atoms with Crippen LogP contribution in [0.25, 0.3) is 0 Å². The van der Waals surface area contributed by atoms with Crippen molar-refractivity contribution in [3.63, 3.8) is 0 Å². The Kier molecular flexibility index (Phi) is 6.79. The summed E-state index contributed by atoms with van der Waals surface area (Å²) in [6.45, 7) is 4.72. The van der Waals surface area contributed by atoms with Gasteiger partial charge in [-0.2, -0.15) is 25.3 Å². The number of aliphatic carboxylic acids is 2. The molecular formula is C14H24N2O5S2. The highest BCUT2D eigenvalue weighted by molar-refractivity contribution is 7.84. The first-order valence-electron chi connectivity index (χ1n) is 7.34. The Hall–Kier alpha value is -0.930. The Balaban J connectivity index is 2.87. The second-order valence-electron chi connectivity index (χ2n) is 6.39. The van der Waals surface area contributed by atoms with Crippen LogP contribution in [-0.2, 0) is 14.4 Å². The van der Waals surface area contributed by atoms with E-state index >= 15 is 0 Å². The van der Waals surface area contributed by atoms with E-state index in [0.717, 1.165) is 0 Å². The van der Waals surface area contributed by atoms with Gasteiger partial charge < -0.3 is 15.1 Å². The van der Waals surface area contributed by atoms with Gasteiger partial charge in [0.05, 0.1) is 6.04 Å². The van der Waals surface area contributed by atoms with Crippen LogP contribution in [0.5, 0.6) is 0 Å². The number of carboxylic acid groups (broad SMARTS) is 2. The van der Waals surface area contributed by atoms with Crippen LogP contribution in [0.3, 0.4) is 0 Å². The molecule has 0 radical (unpaired) electrons. The fourth-order valence-corrected chi connectivity index (χ4v) is 3.20. The van der Waals surface area contributed by atoms with E-state index in [2.05, 4.69) is 30.6 Å². The van der Waals surface area contributed by atoms with Crippen molar-refractivity contribution in [2.45, 2.75) is 50.1 Å². The van der Waals surface area contributed by atoms with E-state index in [0.29, 0.717) is 12.2 Å². The molecule has 3 N–H and O–H groups in total. The predicted octanol–water partition coefficient (Wildman–Crippen LogP) is 0.358. The molecule has 132 valence electrons. The van der Waals surface area contributed by atoms with Crippen molar-refractivity contribution in [2.75, 3.05) is 12.3 Å². The van der Waals surface area contributed by atoms with E-state index < -0.39 is 35.5 Å². The Morgan fingerprint density at radius 1 is 1.35 bits per heavy atom. The van der Waals surface area contributed by atoms with Gasteiger partial charge in [0.15, 0.2) is 0 Å². The first-order valence-corrected chi connectivity index (χ1v) is 8.49. The molecule has 0 aliphatic carbocycles. The van der Waals surface area contributed by atoms with Gasteiger partial charge in [-0.1, -0.05) is 0 Å². The minimum Gasteiger partial charge on any atom is -0.480 e. The quantitative estimate of drug-likeness (QED) is 0.418. The summed E-state index contributed by atoms with van der Waals surface area (Å²) < 4.78 is 0. The Morgan fingerprint density at radius 2 is 1.91 bits per heavy atom. The predicted molar refractivity (Wildman–Crippen MR) is 92.2 cm³/mol. The van der Waals surface area contributed by atoms with Gasteiger partial charge in [0, 0.05) is 17.5 Å². The molecule has 1 heterocycles. The minimum atomic E-state index is -1.29. The number of carbonyl (C=O) groups excluding carboxylic acids is 1. The van der Waals surface area contributed by atoms with E-state index in [1.54, 1.807) is 0 Å². The van der Waals surface area contributed by atoms with Gasteiger partial charge in [0.1, 0.15) is 11.6 Å². The van der Waals surface area contributed by atoms with Crippen molar-refractivity contribution < 1.29 is 24.6 Å². The van der Waals surface area contributed by atoms with Gasteiger partial charge in [-0.25, -0.2) is 4.79 Å². The molecule has 7 nitrogen and oxygen atoms in total. The molecule has 0 bridgehead atoms. The lowest BCUT2D eigenvalue weighted by molar-refractivity contribution is -0.150. The lowest BCUT2D eigenvalue weighted by atomic mass is 10.0. The fraction of sp³-hybridized carbons (Fsp3) is 0.786. The molecule has 0 saturated carbocycles. The Morgan fingerprint density at radius 3 is 2.35 bits per heavy atom. The summed E-state index contributed by atoms with van der Waals surface area (Å²) in [6.07, 6.45) is 0.324. The van der Waals surface area contributed by atoms with E-state index in [4.69, 9.17) is 5.11 Å². The van der Waals surface area contributed by atoms with Gasteiger partial charge in [-0.05, 0) is 33.1 Å². The molecule has 0 aromatic rings. The number of likely N-dealkylation sites (tertiary alicyclic amines) is 1. The molecule has 1 aliphatic rings. The van der Waals surface area contributed by atoms with E-state index in [9.17, 15) is 19.5 Å². The summed E-state index contributed by atoms with van der Waals surface area (Å²) >= 11 is 8.56. The van der Waals surface area contributed by atoms with Gasteiger partial charge in [-0.15, -0.1) is 0 Å². The number of carbonyl (C=O) groups is 3. The molecule has 9 heteroatoms. The standard InChI is InChI=1S/C14H24N2O5S2/c1-7(15-14(2,3)13(20)21)11(17)16-5-8(10(23)6-22)4-9(16)12(18)19/h7-10,15,22-23H,4-6H2,1-3H3,(H,18,19)(H,20,21)/t7-,8?,9-,10?/m0/s1. The number of carboxylic acids is 2. The molecule has 0 aromatic carbocycles. The van der Waals surface area contributed by atoms with Crippen molar-refractivity contribution in [2.24, 2.45) is 5.92 Å². The smallest absolute Gasteiger partial charge is 0.326 e. The highest BCUT2D eigenvalue weighted by Crippen LogP contribution is 2.29. The maximum atomic E-state index is 12.6. The van der Waals surface area contributed by atoms with Crippen LogP contribution < -0.4 is 5.32 Å². The van der Waals surface area contributed by atoms with E-state index in [1.807, 2.05) is 0 Å². The zero-order valence-corrected chi connectivity index (χ0v) is 15.2. The molecule has 23 heavy (non-hydrogen) atoms. The fourth-order valence-electron chi connectivity index (χ4n) is 2.69. The van der Waals surface area contributed by atoms with Gasteiger partial charge in [0.2, 0.25) is 5.91 Å². The third-order valence-electron chi connectivity index (χ3n) is 4.12. The lowest BCUT2D eigenvalue weighted by Crippen LogP contribution is -2.57. The number of nitrogens with one attached hydrogen (secondary N) is 1. The lowest BCUT2D eigenvalue weighted by Gasteiger charge is -2.30. The third-order valence-corrected chi connectivity index (χ3v) is 5.40. The summed E-state index contributed by atoms with van der Waals surface area (Å²) in [5.74, 6) is -2.14. The van der Waals surface area contributed by atoms with Crippen LogP contribution in [-0.4, -0.2) is 68.1 Å². The molecule has 1 fully saturated rings. The maximum absolute atomic E-state index is 12.6. The topological polar surface area (TPSA) is 107 Å². The normalized spacial score (nSPS) is 24.3. The number of rotatable bonds is 7. The molecule has 0 aromatic heterocycles. The van der Waals surface area contributed by atoms with Crippen LogP contribution in [0.15, 0.2) is 0 Å². The highest BCUT2D eigenvalue weighted by atomic mass is 32.1. The second-order valence-corrected chi connectivity index (χ2v) is 7.41. The van der Waals surface area contributed by atoms with Crippen molar-refractivity contribution in [1.29, 1.82) is 0 Å². The first-order chi connectivity index (χ1) is 10.5. The summed E-state index contributed by atoms with van der Waals surface area (Å²) in [5.41, 5.74) is -1.29. The van der Waals surface area contributed by atoms with Crippen molar-refractivity contribution in [3.8, 4) is 0 Å². The number of nitrogens with zero attached hydrogens (tertiary/aromatic N) is 1. The van der Waals surface area contributed by atoms with Crippen LogP contribution >= 0.6 is 25.3 Å². The van der Waals surface area contributed by atoms with E-state index in [-0.39, 0.29) is 17.7 Å². The number of hydrogen-bond donors (Lipinski definition) is 5. The summed E-state index contributed by atoms with van der Waals surface area (Å²) in [5, 5.41) is 21.1. The number of amides is 1. The monoisotopic (exact) mass is 364 g/mol. The Bertz CT molecular complexity index is 486. The largest absolute Gasteiger partial charge is 0.480 e. The maximum Gasteiger partial charge on any atom is 0.326 e. The van der Waals surface area contributed by atoms with Crippen LogP contribution in [0.1, 0.15) is 27.2 Å². The molecule has 4 atom stereocenters. The molecule has 1 amide bonds. The van der Waals surface area contributed by atoms with E-state index in [1.165, 1.54) is 25.7 Å². The van der Waals surface area contributed by atoms with Gasteiger partial charge >= 0.3 is 11.9 Å². The molecule has 1 aliphatic heterocycles. The van der Waals surface area contributed by atoms with Gasteiger partial charge in [0.25, 0.3) is 0 Å². The van der Waals surface area contributed by atoms with Crippen LogP contribution in [0.4, 0.5) is 0 Å². The third kappa shape index (κ3) is 4.77. The second kappa shape index (κ2) is 7.76. The zero-order chi connectivity index (χ0) is 17.9. The summed E-state index contributed by atoms with van der Waals surface area (Å²) in [7, 11) is 0. The summed E-state index contributed by atoms with van der Waals surface area (Å²) in [4.78, 5) is 36.5. The Labute approximate surface area is 146 Å². The molecular weight excluding hydrogens is 340 g/mol. The van der Waals surface area contributed by atoms with Gasteiger partial charge in [-0.3, -0.25) is 14.9 Å².